The zero-order valence-electron chi connectivity index (χ0n) is 11.1. The number of nitrogens with zero attached hydrogens (tertiary/aromatic N) is 3. The summed E-state index contributed by atoms with van der Waals surface area (Å²) >= 11 is 0. The topological polar surface area (TPSA) is 73.4 Å². The summed E-state index contributed by atoms with van der Waals surface area (Å²) in [7, 11) is 4.95. The van der Waals surface area contributed by atoms with Gasteiger partial charge in [0.15, 0.2) is 5.69 Å². The van der Waals surface area contributed by atoms with Crippen molar-refractivity contribution in [1.82, 2.24) is 14.7 Å². The summed E-state index contributed by atoms with van der Waals surface area (Å²) in [6.45, 7) is 0. The smallest absolute Gasteiger partial charge is 0.273 e. The van der Waals surface area contributed by atoms with Crippen LogP contribution in [0, 0.1) is 0 Å². The molecule has 1 amide bonds. The van der Waals surface area contributed by atoms with Gasteiger partial charge in [-0.15, -0.1) is 0 Å². The second kappa shape index (κ2) is 5.01. The van der Waals surface area contributed by atoms with Gasteiger partial charge in [-0.2, -0.15) is 5.10 Å². The Kier molecular flexibility index (Phi) is 3.41. The molecule has 0 aliphatic rings. The maximum Gasteiger partial charge on any atom is 0.273 e. The zero-order chi connectivity index (χ0) is 14.0. The molecule has 0 aliphatic carbocycles. The van der Waals surface area contributed by atoms with E-state index in [1.165, 1.54) is 4.90 Å². The SMILES string of the molecule is COc1ccc(N)c(-n2ccc(C(=O)N(C)C)n2)c1. The third kappa shape index (κ3) is 2.52. The molecule has 6 heteroatoms. The van der Waals surface area contributed by atoms with E-state index in [0.717, 1.165) is 0 Å². The van der Waals surface area contributed by atoms with Crippen molar-refractivity contribution in [3.8, 4) is 11.4 Å². The number of benzene rings is 1. The number of hydrogen-bond donors (Lipinski definition) is 1. The molecule has 0 saturated heterocycles. The first-order valence-electron chi connectivity index (χ1n) is 5.74. The first-order valence-corrected chi connectivity index (χ1v) is 5.74. The van der Waals surface area contributed by atoms with Gasteiger partial charge < -0.3 is 15.4 Å². The summed E-state index contributed by atoms with van der Waals surface area (Å²) in [5.74, 6) is 0.528. The maximum atomic E-state index is 11.8. The van der Waals surface area contributed by atoms with Crippen molar-refractivity contribution in [3.63, 3.8) is 0 Å². The Bertz CT molecular complexity index is 604. The maximum absolute atomic E-state index is 11.8. The van der Waals surface area contributed by atoms with Crippen molar-refractivity contribution in [2.24, 2.45) is 0 Å². The van der Waals surface area contributed by atoms with E-state index in [4.69, 9.17) is 10.5 Å². The molecule has 2 N–H and O–H groups in total. The number of nitrogen functional groups attached to an aromatic ring is 1. The van der Waals surface area contributed by atoms with Crippen molar-refractivity contribution in [2.75, 3.05) is 26.9 Å². The Balaban J connectivity index is 2.40. The minimum absolute atomic E-state index is 0.153. The van der Waals surface area contributed by atoms with Gasteiger partial charge in [0, 0.05) is 26.4 Å². The van der Waals surface area contributed by atoms with Crippen LogP contribution < -0.4 is 10.5 Å². The predicted molar refractivity (Wildman–Crippen MR) is 72.5 cm³/mol. The molecule has 100 valence electrons. The Morgan fingerprint density at radius 2 is 2.11 bits per heavy atom. The van der Waals surface area contributed by atoms with Gasteiger partial charge in [-0.25, -0.2) is 4.68 Å². The van der Waals surface area contributed by atoms with E-state index >= 15 is 0 Å². The molecule has 0 saturated carbocycles. The van der Waals surface area contributed by atoms with Crippen LogP contribution in [0.5, 0.6) is 5.75 Å². The van der Waals surface area contributed by atoms with Crippen LogP contribution in [0.15, 0.2) is 30.5 Å². The molecule has 0 radical (unpaired) electrons. The van der Waals surface area contributed by atoms with Gasteiger partial charge in [0.05, 0.1) is 18.5 Å². The second-order valence-electron chi connectivity index (χ2n) is 4.27. The number of nitrogens with two attached hydrogens (primary N) is 1. The van der Waals surface area contributed by atoms with E-state index in [0.29, 0.717) is 22.8 Å². The molecule has 2 rings (SSSR count). The van der Waals surface area contributed by atoms with Crippen LogP contribution in [0.25, 0.3) is 5.69 Å². The molecule has 0 atom stereocenters. The number of carbonyl (C=O) groups excluding carboxylic acids is 1. The fourth-order valence-corrected chi connectivity index (χ4v) is 1.65. The molecule has 1 aromatic heterocycles. The largest absolute Gasteiger partial charge is 0.497 e. The summed E-state index contributed by atoms with van der Waals surface area (Å²) in [6.07, 6.45) is 1.70. The highest BCUT2D eigenvalue weighted by molar-refractivity contribution is 5.91. The van der Waals surface area contributed by atoms with Gasteiger partial charge in [-0.1, -0.05) is 0 Å². The standard InChI is InChI=1S/C13H16N4O2/c1-16(2)13(18)11-6-7-17(15-11)12-8-9(19-3)4-5-10(12)14/h4-8H,14H2,1-3H3. The van der Waals surface area contributed by atoms with Gasteiger partial charge in [0.25, 0.3) is 5.91 Å². The van der Waals surface area contributed by atoms with Gasteiger partial charge in [0.1, 0.15) is 5.75 Å². The van der Waals surface area contributed by atoms with Crippen LogP contribution in [0.3, 0.4) is 0 Å². The molecule has 1 heterocycles. The average Bonchev–Trinajstić information content (AvgIpc) is 2.87. The monoisotopic (exact) mass is 260 g/mol. The van der Waals surface area contributed by atoms with E-state index in [1.807, 2.05) is 0 Å². The van der Waals surface area contributed by atoms with Crippen LogP contribution >= 0.6 is 0 Å². The molecule has 0 bridgehead atoms. The second-order valence-corrected chi connectivity index (χ2v) is 4.27. The van der Waals surface area contributed by atoms with E-state index in [9.17, 15) is 4.79 Å². The van der Waals surface area contributed by atoms with Gasteiger partial charge in [0.2, 0.25) is 0 Å². The van der Waals surface area contributed by atoms with Crippen LogP contribution in [0.1, 0.15) is 10.5 Å². The third-order valence-corrected chi connectivity index (χ3v) is 2.70. The lowest BCUT2D eigenvalue weighted by atomic mass is 10.2. The number of hydrogen-bond acceptors (Lipinski definition) is 4. The summed E-state index contributed by atoms with van der Waals surface area (Å²) in [5.41, 5.74) is 7.52. The number of anilines is 1. The molecule has 0 unspecified atom stereocenters. The normalized spacial score (nSPS) is 10.3. The highest BCUT2D eigenvalue weighted by Gasteiger charge is 2.13. The molecule has 19 heavy (non-hydrogen) atoms. The minimum atomic E-state index is -0.153. The lowest BCUT2D eigenvalue weighted by molar-refractivity contribution is 0.0821. The zero-order valence-corrected chi connectivity index (χ0v) is 11.1. The first kappa shape index (κ1) is 12.9. The Morgan fingerprint density at radius 1 is 1.37 bits per heavy atom. The highest BCUT2D eigenvalue weighted by atomic mass is 16.5. The quantitative estimate of drug-likeness (QED) is 0.841. The molecule has 2 aromatic rings. The molecule has 0 aliphatic heterocycles. The number of aromatic nitrogens is 2. The van der Waals surface area contributed by atoms with E-state index in [1.54, 1.807) is 56.3 Å². The van der Waals surface area contributed by atoms with Crippen LogP contribution in [0.2, 0.25) is 0 Å². The average molecular weight is 260 g/mol. The number of rotatable bonds is 3. The molecular weight excluding hydrogens is 244 g/mol. The van der Waals surface area contributed by atoms with E-state index in [2.05, 4.69) is 5.10 Å². The lowest BCUT2D eigenvalue weighted by Crippen LogP contribution is -2.22. The number of amides is 1. The molecule has 0 fully saturated rings. The Hall–Kier alpha value is -2.50. The summed E-state index contributed by atoms with van der Waals surface area (Å²) in [4.78, 5) is 13.3. The Morgan fingerprint density at radius 3 is 2.74 bits per heavy atom. The fourth-order valence-electron chi connectivity index (χ4n) is 1.65. The summed E-state index contributed by atoms with van der Waals surface area (Å²) in [6, 6.07) is 6.94. The van der Waals surface area contributed by atoms with E-state index in [-0.39, 0.29) is 5.91 Å². The van der Waals surface area contributed by atoms with Crippen molar-refractivity contribution >= 4 is 11.6 Å². The van der Waals surface area contributed by atoms with Gasteiger partial charge >= 0.3 is 0 Å². The predicted octanol–water partition coefficient (Wildman–Crippen LogP) is 1.16. The Labute approximate surface area is 111 Å². The van der Waals surface area contributed by atoms with Crippen LogP contribution in [-0.2, 0) is 0 Å². The van der Waals surface area contributed by atoms with Crippen molar-refractivity contribution in [3.05, 3.63) is 36.2 Å². The molecule has 0 spiro atoms. The van der Waals surface area contributed by atoms with Gasteiger partial charge in [-0.3, -0.25) is 4.79 Å². The van der Waals surface area contributed by atoms with Crippen molar-refractivity contribution < 1.29 is 9.53 Å². The number of ether oxygens (including phenoxy) is 1. The fraction of sp³-hybridized carbons (Fsp3) is 0.231. The number of methoxy groups -OCH3 is 1. The first-order chi connectivity index (χ1) is 9.02. The summed E-state index contributed by atoms with van der Waals surface area (Å²) in [5, 5.41) is 4.23. The summed E-state index contributed by atoms with van der Waals surface area (Å²) < 4.78 is 6.72. The van der Waals surface area contributed by atoms with Crippen LogP contribution in [0.4, 0.5) is 5.69 Å². The minimum Gasteiger partial charge on any atom is -0.497 e. The molecular formula is C13H16N4O2. The third-order valence-electron chi connectivity index (χ3n) is 2.70. The number of carbonyl (C=O) groups is 1. The molecule has 6 nitrogen and oxygen atoms in total. The molecule has 1 aromatic carbocycles. The van der Waals surface area contributed by atoms with E-state index < -0.39 is 0 Å². The van der Waals surface area contributed by atoms with Crippen LogP contribution in [-0.4, -0.2) is 41.8 Å². The van der Waals surface area contributed by atoms with Crippen molar-refractivity contribution in [1.29, 1.82) is 0 Å². The van der Waals surface area contributed by atoms with Gasteiger partial charge in [-0.05, 0) is 18.2 Å². The highest BCUT2D eigenvalue weighted by Crippen LogP contribution is 2.22. The van der Waals surface area contributed by atoms with Crippen molar-refractivity contribution in [2.45, 2.75) is 0 Å². The lowest BCUT2D eigenvalue weighted by Gasteiger charge is -2.09.